The predicted molar refractivity (Wildman–Crippen MR) is 63.3 cm³/mol. The van der Waals surface area contributed by atoms with E-state index in [1.165, 1.54) is 0 Å². The van der Waals surface area contributed by atoms with Crippen molar-refractivity contribution in [2.24, 2.45) is 23.7 Å². The van der Waals surface area contributed by atoms with Gasteiger partial charge in [-0.25, -0.2) is 0 Å². The Bertz CT molecular complexity index is 287. The average molecular weight is 241 g/mol. The van der Waals surface area contributed by atoms with Crippen molar-refractivity contribution in [2.45, 2.75) is 25.6 Å². The van der Waals surface area contributed by atoms with Crippen LogP contribution >= 0.6 is 0 Å². The lowest BCUT2D eigenvalue weighted by molar-refractivity contribution is -0.143. The topological polar surface area (TPSA) is 89.8 Å². The van der Waals surface area contributed by atoms with E-state index >= 15 is 0 Å². The lowest BCUT2D eigenvalue weighted by atomic mass is 9.78. The minimum atomic E-state index is -1.27. The van der Waals surface area contributed by atoms with Gasteiger partial charge in [0.15, 0.2) is 0 Å². The number of hydrogen-bond acceptors (Lipinski definition) is 4. The highest BCUT2D eigenvalue weighted by Crippen LogP contribution is 2.45. The van der Waals surface area contributed by atoms with Gasteiger partial charge < -0.3 is 20.5 Å². The highest BCUT2D eigenvalue weighted by atomic mass is 16.4. The summed E-state index contributed by atoms with van der Waals surface area (Å²) in [6.45, 7) is 1.86. The quantitative estimate of drug-likeness (QED) is 0.500. The number of carboxylic acids is 1. The van der Waals surface area contributed by atoms with Gasteiger partial charge in [0.05, 0.1) is 5.92 Å². The molecule has 2 aliphatic rings. The van der Waals surface area contributed by atoms with Crippen LogP contribution in [-0.2, 0) is 4.79 Å². The predicted octanol–water partition coefficient (Wildman–Crippen LogP) is -0.204. The summed E-state index contributed by atoms with van der Waals surface area (Å²) in [6, 6.07) is 0. The Morgan fingerprint density at radius 1 is 1.35 bits per heavy atom. The van der Waals surface area contributed by atoms with Gasteiger partial charge in [-0.2, -0.15) is 0 Å². The molecule has 0 aromatic rings. The molecule has 4 atom stereocenters. The molecule has 2 fully saturated rings. The van der Waals surface area contributed by atoms with Crippen LogP contribution in [0.25, 0.3) is 0 Å². The second kappa shape index (κ2) is 5.37. The molecule has 0 amide bonds. The summed E-state index contributed by atoms with van der Waals surface area (Å²) in [7, 11) is -1.27. The lowest BCUT2D eigenvalue weighted by Crippen LogP contribution is -2.26. The fraction of sp³-hybridized carbons (Fsp3) is 0.909. The molecule has 0 radical (unpaired) electrons. The van der Waals surface area contributed by atoms with E-state index in [0.717, 1.165) is 25.9 Å². The zero-order chi connectivity index (χ0) is 12.4. The summed E-state index contributed by atoms with van der Waals surface area (Å²) in [5.74, 6) is 0.246. The fourth-order valence-electron chi connectivity index (χ4n) is 3.55. The molecule has 1 saturated carbocycles. The van der Waals surface area contributed by atoms with Gasteiger partial charge in [0.2, 0.25) is 0 Å². The molecule has 1 aliphatic carbocycles. The maximum absolute atomic E-state index is 11.2. The molecule has 1 saturated heterocycles. The van der Waals surface area contributed by atoms with Crippen molar-refractivity contribution in [3.05, 3.63) is 0 Å². The van der Waals surface area contributed by atoms with E-state index in [-0.39, 0.29) is 11.8 Å². The second-order valence-electron chi connectivity index (χ2n) is 5.34. The van der Waals surface area contributed by atoms with Crippen molar-refractivity contribution in [3.8, 4) is 0 Å². The first kappa shape index (κ1) is 12.9. The third kappa shape index (κ3) is 2.81. The standard InChI is InChI=1S/C11H20BNO4/c14-11(15)9-4-7-5-13-6-10(7)8(9)2-1-3-12(16)17/h7-10,13,16-17H,1-6H2,(H,14,15). The van der Waals surface area contributed by atoms with Crippen molar-refractivity contribution < 1.29 is 19.9 Å². The molecule has 17 heavy (non-hydrogen) atoms. The zero-order valence-corrected chi connectivity index (χ0v) is 9.88. The third-order valence-electron chi connectivity index (χ3n) is 4.33. The molecule has 2 rings (SSSR count). The Morgan fingerprint density at radius 3 is 2.76 bits per heavy atom. The molecule has 0 bridgehead atoms. The third-order valence-corrected chi connectivity index (χ3v) is 4.33. The summed E-state index contributed by atoms with van der Waals surface area (Å²) in [5, 5.41) is 30.2. The lowest BCUT2D eigenvalue weighted by Gasteiger charge is -2.21. The van der Waals surface area contributed by atoms with Crippen molar-refractivity contribution in [3.63, 3.8) is 0 Å². The molecule has 4 N–H and O–H groups in total. The summed E-state index contributed by atoms with van der Waals surface area (Å²) in [6.07, 6.45) is 2.60. The molecule has 5 nitrogen and oxygen atoms in total. The van der Waals surface area contributed by atoms with Crippen LogP contribution in [0.5, 0.6) is 0 Å². The van der Waals surface area contributed by atoms with Crippen LogP contribution in [0, 0.1) is 23.7 Å². The molecule has 4 unspecified atom stereocenters. The first-order valence-electron chi connectivity index (χ1n) is 6.39. The molecule has 1 heterocycles. The van der Waals surface area contributed by atoms with Gasteiger partial charge in [0.1, 0.15) is 0 Å². The van der Waals surface area contributed by atoms with E-state index in [2.05, 4.69) is 5.32 Å². The maximum Gasteiger partial charge on any atom is 0.451 e. The molecule has 1 aliphatic heterocycles. The number of hydrogen-bond donors (Lipinski definition) is 4. The van der Waals surface area contributed by atoms with Crippen LogP contribution in [-0.4, -0.2) is 41.3 Å². The van der Waals surface area contributed by atoms with E-state index < -0.39 is 13.1 Å². The SMILES string of the molecule is O=C(O)C1CC2CNCC2C1CCCB(O)O. The van der Waals surface area contributed by atoms with Crippen LogP contribution in [0.3, 0.4) is 0 Å². The second-order valence-corrected chi connectivity index (χ2v) is 5.34. The highest BCUT2D eigenvalue weighted by Gasteiger charge is 2.47. The molecular weight excluding hydrogens is 221 g/mol. The Morgan fingerprint density at radius 2 is 2.12 bits per heavy atom. The Kier molecular flexibility index (Phi) is 4.07. The van der Waals surface area contributed by atoms with Crippen molar-refractivity contribution in [1.82, 2.24) is 5.32 Å². The summed E-state index contributed by atoms with van der Waals surface area (Å²) in [4.78, 5) is 11.2. The van der Waals surface area contributed by atoms with Crippen molar-refractivity contribution in [2.75, 3.05) is 13.1 Å². The monoisotopic (exact) mass is 241 g/mol. The van der Waals surface area contributed by atoms with E-state index in [1.807, 2.05) is 0 Å². The Labute approximate surface area is 101 Å². The van der Waals surface area contributed by atoms with Gasteiger partial charge in [-0.15, -0.1) is 0 Å². The first-order chi connectivity index (χ1) is 8.09. The van der Waals surface area contributed by atoms with Gasteiger partial charge in [0.25, 0.3) is 0 Å². The maximum atomic E-state index is 11.2. The minimum Gasteiger partial charge on any atom is -0.481 e. The zero-order valence-electron chi connectivity index (χ0n) is 9.88. The molecule has 0 spiro atoms. The van der Waals surface area contributed by atoms with Gasteiger partial charge in [-0.1, -0.05) is 6.42 Å². The van der Waals surface area contributed by atoms with Gasteiger partial charge in [-0.05, 0) is 50.0 Å². The Balaban J connectivity index is 1.92. The Hall–Kier alpha value is -0.585. The van der Waals surface area contributed by atoms with Crippen LogP contribution in [0.4, 0.5) is 0 Å². The normalized spacial score (nSPS) is 35.9. The number of nitrogens with one attached hydrogen (secondary N) is 1. The molecule has 0 aromatic heterocycles. The van der Waals surface area contributed by atoms with Crippen LogP contribution in [0.2, 0.25) is 6.32 Å². The van der Waals surface area contributed by atoms with E-state index in [9.17, 15) is 9.90 Å². The summed E-state index contributed by atoms with van der Waals surface area (Å²) in [5.41, 5.74) is 0. The molecular formula is C11H20BNO4. The molecule has 6 heteroatoms. The largest absolute Gasteiger partial charge is 0.481 e. The highest BCUT2D eigenvalue weighted by molar-refractivity contribution is 6.40. The number of carbonyl (C=O) groups is 1. The first-order valence-corrected chi connectivity index (χ1v) is 6.39. The van der Waals surface area contributed by atoms with Crippen molar-refractivity contribution in [1.29, 1.82) is 0 Å². The molecule has 0 aromatic carbocycles. The smallest absolute Gasteiger partial charge is 0.451 e. The number of aliphatic carboxylic acids is 1. The summed E-state index contributed by atoms with van der Waals surface area (Å²) < 4.78 is 0. The fourth-order valence-corrected chi connectivity index (χ4v) is 3.55. The average Bonchev–Trinajstić information content (AvgIpc) is 2.78. The summed E-state index contributed by atoms with van der Waals surface area (Å²) >= 11 is 0. The number of carboxylic acid groups (broad SMARTS) is 1. The molecule has 96 valence electrons. The van der Waals surface area contributed by atoms with E-state index in [4.69, 9.17) is 10.0 Å². The van der Waals surface area contributed by atoms with Crippen LogP contribution in [0.1, 0.15) is 19.3 Å². The van der Waals surface area contributed by atoms with Crippen LogP contribution < -0.4 is 5.32 Å². The number of fused-ring (bicyclic) bond motifs is 1. The van der Waals surface area contributed by atoms with E-state index in [1.54, 1.807) is 0 Å². The van der Waals surface area contributed by atoms with E-state index in [0.29, 0.717) is 24.6 Å². The van der Waals surface area contributed by atoms with Crippen molar-refractivity contribution >= 4 is 13.1 Å². The van der Waals surface area contributed by atoms with Crippen LogP contribution in [0.15, 0.2) is 0 Å². The van der Waals surface area contributed by atoms with Gasteiger partial charge in [-0.3, -0.25) is 4.79 Å². The number of rotatable bonds is 5. The van der Waals surface area contributed by atoms with Gasteiger partial charge in [0, 0.05) is 0 Å². The van der Waals surface area contributed by atoms with Gasteiger partial charge >= 0.3 is 13.1 Å². The minimum absolute atomic E-state index is 0.200.